The first-order chi connectivity index (χ1) is 16.1. The molecule has 3 aromatic rings. The Bertz CT molecular complexity index is 1120. The molecule has 1 unspecified atom stereocenters. The highest BCUT2D eigenvalue weighted by atomic mass is 32.2. The van der Waals surface area contributed by atoms with Gasteiger partial charge in [0, 0.05) is 15.5 Å². The molecule has 1 atom stereocenters. The zero-order chi connectivity index (χ0) is 23.7. The van der Waals surface area contributed by atoms with Gasteiger partial charge in [-0.2, -0.15) is 0 Å². The zero-order valence-corrected chi connectivity index (χ0v) is 19.8. The van der Waals surface area contributed by atoms with Gasteiger partial charge >= 0.3 is 0 Å². The van der Waals surface area contributed by atoms with Gasteiger partial charge in [-0.25, -0.2) is 4.98 Å². The minimum absolute atomic E-state index is 0.0619. The van der Waals surface area contributed by atoms with E-state index in [1.165, 1.54) is 0 Å². The van der Waals surface area contributed by atoms with E-state index < -0.39 is 5.60 Å². The molecule has 1 aliphatic rings. The molecule has 5 nitrogen and oxygen atoms in total. The van der Waals surface area contributed by atoms with Crippen molar-refractivity contribution >= 4 is 17.7 Å². The summed E-state index contributed by atoms with van der Waals surface area (Å²) in [6.07, 6.45) is 6.93. The van der Waals surface area contributed by atoms with Gasteiger partial charge in [0.05, 0.1) is 31.2 Å². The normalized spacial score (nSPS) is 19.8. The number of fused-ring (bicyclic) bond motifs is 2. The molecule has 0 radical (unpaired) electrons. The Balaban J connectivity index is 0.00000149. The van der Waals surface area contributed by atoms with Crippen LogP contribution in [-0.4, -0.2) is 15.9 Å². The highest BCUT2D eigenvalue weighted by Gasteiger charge is 2.40. The number of thioether (sulfide) groups is 1. The molecule has 0 saturated carbocycles. The maximum atomic E-state index is 13.1. The van der Waals surface area contributed by atoms with Crippen molar-refractivity contribution in [3.05, 3.63) is 120 Å². The summed E-state index contributed by atoms with van der Waals surface area (Å²) in [5.74, 6) is -0.204. The lowest BCUT2D eigenvalue weighted by atomic mass is 9.86. The molecule has 2 heterocycles. The minimum atomic E-state index is -1.05. The van der Waals surface area contributed by atoms with Crippen LogP contribution in [0.25, 0.3) is 0 Å². The van der Waals surface area contributed by atoms with Crippen molar-refractivity contribution in [1.82, 2.24) is 15.3 Å². The van der Waals surface area contributed by atoms with E-state index in [4.69, 9.17) is 4.74 Å². The summed E-state index contributed by atoms with van der Waals surface area (Å²) in [5.41, 5.74) is 2.04. The van der Waals surface area contributed by atoms with Crippen molar-refractivity contribution in [2.24, 2.45) is 0 Å². The number of imidazole rings is 1. The van der Waals surface area contributed by atoms with Crippen LogP contribution in [0.4, 0.5) is 0 Å². The zero-order valence-electron chi connectivity index (χ0n) is 19.0. The van der Waals surface area contributed by atoms with Crippen LogP contribution in [0.5, 0.6) is 0 Å². The first kappa shape index (κ1) is 24.3. The fraction of sp³-hybridized carbons (Fsp3) is 0.185. The molecule has 33 heavy (non-hydrogen) atoms. The summed E-state index contributed by atoms with van der Waals surface area (Å²) in [4.78, 5) is 22.4. The number of nitrogens with one attached hydrogen (secondary N) is 2. The summed E-state index contributed by atoms with van der Waals surface area (Å²) < 4.78 is 6.56. The second-order valence-corrected chi connectivity index (χ2v) is 8.34. The summed E-state index contributed by atoms with van der Waals surface area (Å²) in [6.45, 7) is 12.2. The van der Waals surface area contributed by atoms with Gasteiger partial charge in [-0.1, -0.05) is 87.3 Å². The monoisotopic (exact) mass is 459 g/mol. The fourth-order valence-electron chi connectivity index (χ4n) is 3.56. The van der Waals surface area contributed by atoms with E-state index in [1.807, 2.05) is 68.5 Å². The van der Waals surface area contributed by atoms with Gasteiger partial charge in [-0.3, -0.25) is 4.79 Å². The molecule has 6 heteroatoms. The van der Waals surface area contributed by atoms with Gasteiger partial charge in [-0.05, 0) is 29.3 Å². The molecule has 1 amide bonds. The van der Waals surface area contributed by atoms with Crippen LogP contribution < -0.4 is 5.32 Å². The van der Waals surface area contributed by atoms with Crippen molar-refractivity contribution in [3.63, 3.8) is 0 Å². The Kier molecular flexibility index (Phi) is 8.46. The number of allylic oxidation sites excluding steroid dienone is 2. The predicted molar refractivity (Wildman–Crippen MR) is 134 cm³/mol. The second kappa shape index (κ2) is 11.5. The molecule has 1 aliphatic heterocycles. The fourth-order valence-corrected chi connectivity index (χ4v) is 4.45. The van der Waals surface area contributed by atoms with E-state index in [-0.39, 0.29) is 12.3 Å². The van der Waals surface area contributed by atoms with Crippen LogP contribution in [-0.2, 0) is 21.7 Å². The van der Waals surface area contributed by atoms with Gasteiger partial charge < -0.3 is 15.0 Å². The number of aromatic amines is 1. The average Bonchev–Trinajstić information content (AvgIpc) is 3.38. The molecule has 4 rings (SSSR count). The summed E-state index contributed by atoms with van der Waals surface area (Å²) in [6, 6.07) is 17.9. The Labute approximate surface area is 199 Å². The van der Waals surface area contributed by atoms with E-state index in [0.29, 0.717) is 18.0 Å². The number of carbonyl (C=O) groups excluding carboxylic acids is 1. The standard InChI is InChI=1S/C25H23N3O2S.C2H6/c1-3-21-12-18(2)28-24(29)14-25(23-15-26-17-27-23,20-10-7-11-22(13-20)31-21)30-16-19-8-5-4-6-9-19;1-2/h3-13,15,17H,1-2,14,16H2,(H,26,27)(H,28,29);1-2H3/b21-12+;. The molecule has 0 saturated heterocycles. The number of nitrogens with zero attached hydrogens (tertiary/aromatic N) is 1. The summed E-state index contributed by atoms with van der Waals surface area (Å²) >= 11 is 1.55. The van der Waals surface area contributed by atoms with Crippen molar-refractivity contribution in [2.75, 3.05) is 0 Å². The molecule has 2 bridgehead atoms. The van der Waals surface area contributed by atoms with E-state index in [1.54, 1.807) is 30.4 Å². The van der Waals surface area contributed by atoms with E-state index in [2.05, 4.69) is 34.5 Å². The van der Waals surface area contributed by atoms with Gasteiger partial charge in [0.1, 0.15) is 5.60 Å². The highest BCUT2D eigenvalue weighted by molar-refractivity contribution is 8.03. The molecule has 1 aromatic heterocycles. The third-order valence-corrected chi connectivity index (χ3v) is 6.03. The Morgan fingerprint density at radius 1 is 1.18 bits per heavy atom. The lowest BCUT2D eigenvalue weighted by Gasteiger charge is -2.33. The van der Waals surface area contributed by atoms with Gasteiger partial charge in [0.2, 0.25) is 5.91 Å². The second-order valence-electron chi connectivity index (χ2n) is 7.20. The van der Waals surface area contributed by atoms with Crippen molar-refractivity contribution in [2.45, 2.75) is 37.4 Å². The number of H-pyrrole nitrogens is 1. The first-order valence-corrected chi connectivity index (χ1v) is 11.7. The smallest absolute Gasteiger partial charge is 0.228 e. The summed E-state index contributed by atoms with van der Waals surface area (Å²) in [7, 11) is 0. The third kappa shape index (κ3) is 5.92. The van der Waals surface area contributed by atoms with Crippen LogP contribution >= 0.6 is 11.8 Å². The molecule has 2 aromatic carbocycles. The molecule has 2 N–H and O–H groups in total. The molecule has 0 fully saturated rings. The van der Waals surface area contributed by atoms with Crippen molar-refractivity contribution < 1.29 is 9.53 Å². The van der Waals surface area contributed by atoms with Gasteiger partial charge in [-0.15, -0.1) is 0 Å². The third-order valence-electron chi connectivity index (χ3n) is 5.02. The van der Waals surface area contributed by atoms with E-state index in [9.17, 15) is 4.79 Å². The molecular weight excluding hydrogens is 430 g/mol. The summed E-state index contributed by atoms with van der Waals surface area (Å²) in [5, 5.41) is 2.88. The maximum absolute atomic E-state index is 13.1. The number of aromatic nitrogens is 2. The van der Waals surface area contributed by atoms with Gasteiger partial charge in [0.25, 0.3) is 0 Å². The Morgan fingerprint density at radius 3 is 2.67 bits per heavy atom. The number of hydrogen-bond donors (Lipinski definition) is 2. The van der Waals surface area contributed by atoms with Crippen LogP contribution in [0.3, 0.4) is 0 Å². The quantitative estimate of drug-likeness (QED) is 0.484. The number of carbonyl (C=O) groups is 1. The molecule has 0 spiro atoms. The lowest BCUT2D eigenvalue weighted by molar-refractivity contribution is -0.128. The predicted octanol–water partition coefficient (Wildman–Crippen LogP) is 6.09. The lowest BCUT2D eigenvalue weighted by Crippen LogP contribution is -2.38. The number of benzene rings is 2. The molecule has 170 valence electrons. The number of hydrogen-bond acceptors (Lipinski definition) is 4. The van der Waals surface area contributed by atoms with E-state index in [0.717, 1.165) is 20.9 Å². The SMILES string of the molecule is C=C/C1=C\C(=C)NC(=O)CC(OCc2ccccc2)(c2cnc[nH]2)c2cccc(c2)S1.CC. The van der Waals surface area contributed by atoms with Crippen molar-refractivity contribution in [3.8, 4) is 0 Å². The average molecular weight is 460 g/mol. The Hall–Kier alpha value is -3.35. The number of rotatable bonds is 5. The topological polar surface area (TPSA) is 67.0 Å². The molecule has 0 aliphatic carbocycles. The first-order valence-electron chi connectivity index (χ1n) is 10.9. The van der Waals surface area contributed by atoms with Crippen LogP contribution in [0.1, 0.15) is 37.1 Å². The number of ether oxygens (including phenoxy) is 1. The van der Waals surface area contributed by atoms with E-state index >= 15 is 0 Å². The largest absolute Gasteiger partial charge is 0.359 e. The maximum Gasteiger partial charge on any atom is 0.228 e. The van der Waals surface area contributed by atoms with Gasteiger partial charge in [0.15, 0.2) is 0 Å². The van der Waals surface area contributed by atoms with Crippen LogP contribution in [0.2, 0.25) is 0 Å². The molecular formula is C27H29N3O2S. The van der Waals surface area contributed by atoms with Crippen molar-refractivity contribution in [1.29, 1.82) is 0 Å². The minimum Gasteiger partial charge on any atom is -0.359 e. The van der Waals surface area contributed by atoms with Crippen LogP contribution in [0, 0.1) is 0 Å². The van der Waals surface area contributed by atoms with Crippen LogP contribution in [0.15, 0.2) is 108 Å². The Morgan fingerprint density at radius 2 is 1.97 bits per heavy atom. The highest BCUT2D eigenvalue weighted by Crippen LogP contribution is 2.40. The number of amides is 1.